The third-order valence-electron chi connectivity index (χ3n) is 3.78. The fourth-order valence-electron chi connectivity index (χ4n) is 2.72. The predicted molar refractivity (Wildman–Crippen MR) is 77.4 cm³/mol. The lowest BCUT2D eigenvalue weighted by atomic mass is 10.1. The third-order valence-corrected chi connectivity index (χ3v) is 4.02. The molecule has 4 heteroatoms. The molecule has 1 aromatic carbocycles. The standard InChI is InChI=1S/C15H17ClN2O/c16-12-4-5-13-11(10-17-14(13)9-12)8-15(19)18-6-2-1-3-7-18/h4-5,9-10,17H,1-3,6-8H2. The van der Waals surface area contributed by atoms with Crippen LogP contribution in [0.25, 0.3) is 10.9 Å². The van der Waals surface area contributed by atoms with Crippen LogP contribution in [0, 0.1) is 0 Å². The number of fused-ring (bicyclic) bond motifs is 1. The van der Waals surface area contributed by atoms with E-state index in [0.717, 1.165) is 42.4 Å². The highest BCUT2D eigenvalue weighted by molar-refractivity contribution is 6.31. The van der Waals surface area contributed by atoms with Crippen LogP contribution >= 0.6 is 11.6 Å². The number of aromatic nitrogens is 1. The van der Waals surface area contributed by atoms with Gasteiger partial charge in [-0.15, -0.1) is 0 Å². The molecular weight excluding hydrogens is 260 g/mol. The highest BCUT2D eigenvalue weighted by atomic mass is 35.5. The quantitative estimate of drug-likeness (QED) is 0.897. The molecule has 1 amide bonds. The van der Waals surface area contributed by atoms with Gasteiger partial charge in [0.15, 0.2) is 0 Å². The van der Waals surface area contributed by atoms with Crippen molar-refractivity contribution in [2.24, 2.45) is 0 Å². The van der Waals surface area contributed by atoms with E-state index < -0.39 is 0 Å². The molecule has 1 aliphatic rings. The number of halogens is 1. The number of carbonyl (C=O) groups is 1. The Labute approximate surface area is 117 Å². The second-order valence-electron chi connectivity index (χ2n) is 5.12. The van der Waals surface area contributed by atoms with Crippen LogP contribution in [0.2, 0.25) is 5.02 Å². The summed E-state index contributed by atoms with van der Waals surface area (Å²) in [6.45, 7) is 1.82. The van der Waals surface area contributed by atoms with Crippen molar-refractivity contribution in [2.45, 2.75) is 25.7 Å². The van der Waals surface area contributed by atoms with E-state index in [1.807, 2.05) is 29.3 Å². The molecule has 0 aliphatic carbocycles. The molecule has 0 saturated carbocycles. The number of carbonyl (C=O) groups excluding carboxylic acids is 1. The highest BCUT2D eigenvalue weighted by Crippen LogP contribution is 2.23. The van der Waals surface area contributed by atoms with Gasteiger partial charge in [0.1, 0.15) is 0 Å². The summed E-state index contributed by atoms with van der Waals surface area (Å²) in [7, 11) is 0. The molecule has 3 nitrogen and oxygen atoms in total. The number of rotatable bonds is 2. The minimum Gasteiger partial charge on any atom is -0.361 e. The van der Waals surface area contributed by atoms with Crippen molar-refractivity contribution in [1.82, 2.24) is 9.88 Å². The molecule has 3 rings (SSSR count). The number of aromatic amines is 1. The monoisotopic (exact) mass is 276 g/mol. The first-order valence-corrected chi connectivity index (χ1v) is 7.15. The van der Waals surface area contributed by atoms with Crippen LogP contribution < -0.4 is 0 Å². The molecule has 19 heavy (non-hydrogen) atoms. The van der Waals surface area contributed by atoms with E-state index in [4.69, 9.17) is 11.6 Å². The fraction of sp³-hybridized carbons (Fsp3) is 0.400. The van der Waals surface area contributed by atoms with Gasteiger partial charge in [-0.2, -0.15) is 0 Å². The summed E-state index contributed by atoms with van der Waals surface area (Å²) in [6, 6.07) is 5.74. The van der Waals surface area contributed by atoms with Gasteiger partial charge in [0, 0.05) is 35.2 Å². The number of nitrogens with one attached hydrogen (secondary N) is 1. The molecule has 1 aromatic heterocycles. The second kappa shape index (κ2) is 5.25. The van der Waals surface area contributed by atoms with E-state index in [2.05, 4.69) is 4.98 Å². The molecule has 0 unspecified atom stereocenters. The Balaban J connectivity index is 1.79. The third kappa shape index (κ3) is 2.61. The first-order valence-electron chi connectivity index (χ1n) is 6.77. The van der Waals surface area contributed by atoms with Gasteiger partial charge in [0.25, 0.3) is 0 Å². The normalized spacial score (nSPS) is 15.9. The molecule has 2 heterocycles. The second-order valence-corrected chi connectivity index (χ2v) is 5.56. The van der Waals surface area contributed by atoms with Crippen LogP contribution in [-0.2, 0) is 11.2 Å². The largest absolute Gasteiger partial charge is 0.361 e. The van der Waals surface area contributed by atoms with Gasteiger partial charge in [0.05, 0.1) is 6.42 Å². The van der Waals surface area contributed by atoms with Crippen LogP contribution in [0.4, 0.5) is 0 Å². The summed E-state index contributed by atoms with van der Waals surface area (Å²) in [6.07, 6.45) is 5.91. The summed E-state index contributed by atoms with van der Waals surface area (Å²) < 4.78 is 0. The number of H-pyrrole nitrogens is 1. The number of benzene rings is 1. The number of likely N-dealkylation sites (tertiary alicyclic amines) is 1. The number of hydrogen-bond acceptors (Lipinski definition) is 1. The van der Waals surface area contributed by atoms with Crippen molar-refractivity contribution in [3.63, 3.8) is 0 Å². The Morgan fingerprint density at radius 1 is 1.26 bits per heavy atom. The SMILES string of the molecule is O=C(Cc1c[nH]c2cc(Cl)ccc12)N1CCCCC1. The average Bonchev–Trinajstić information content (AvgIpc) is 2.82. The Bertz CT molecular complexity index is 599. The van der Waals surface area contributed by atoms with Crippen molar-refractivity contribution in [1.29, 1.82) is 0 Å². The Kier molecular flexibility index (Phi) is 3.47. The topological polar surface area (TPSA) is 36.1 Å². The lowest BCUT2D eigenvalue weighted by Gasteiger charge is -2.26. The minimum absolute atomic E-state index is 0.232. The summed E-state index contributed by atoms with van der Waals surface area (Å²) in [5, 5.41) is 1.80. The maximum absolute atomic E-state index is 12.3. The van der Waals surface area contributed by atoms with Crippen LogP contribution in [0.1, 0.15) is 24.8 Å². The van der Waals surface area contributed by atoms with Crippen LogP contribution in [0.5, 0.6) is 0 Å². The summed E-state index contributed by atoms with van der Waals surface area (Å²) in [5.74, 6) is 0.232. The maximum Gasteiger partial charge on any atom is 0.227 e. The number of hydrogen-bond donors (Lipinski definition) is 1. The zero-order chi connectivity index (χ0) is 13.2. The molecule has 1 saturated heterocycles. The van der Waals surface area contributed by atoms with E-state index in [9.17, 15) is 4.79 Å². The molecular formula is C15H17ClN2O. The van der Waals surface area contributed by atoms with Crippen molar-refractivity contribution in [3.05, 3.63) is 35.0 Å². The van der Waals surface area contributed by atoms with Crippen molar-refractivity contribution < 1.29 is 4.79 Å². The minimum atomic E-state index is 0.232. The van der Waals surface area contributed by atoms with Gasteiger partial charge in [-0.25, -0.2) is 0 Å². The molecule has 0 bridgehead atoms. The van der Waals surface area contributed by atoms with Crippen molar-refractivity contribution >= 4 is 28.4 Å². The van der Waals surface area contributed by atoms with Gasteiger partial charge in [-0.05, 0) is 37.0 Å². The molecule has 1 N–H and O–H groups in total. The van der Waals surface area contributed by atoms with E-state index in [-0.39, 0.29) is 5.91 Å². The Hall–Kier alpha value is -1.48. The van der Waals surface area contributed by atoms with Crippen molar-refractivity contribution in [2.75, 3.05) is 13.1 Å². The number of piperidine rings is 1. The smallest absolute Gasteiger partial charge is 0.227 e. The van der Waals surface area contributed by atoms with Gasteiger partial charge in [-0.1, -0.05) is 17.7 Å². The first-order chi connectivity index (χ1) is 9.24. The van der Waals surface area contributed by atoms with E-state index >= 15 is 0 Å². The molecule has 100 valence electrons. The molecule has 0 spiro atoms. The fourth-order valence-corrected chi connectivity index (χ4v) is 2.89. The molecule has 1 fully saturated rings. The van der Waals surface area contributed by atoms with E-state index in [0.29, 0.717) is 11.4 Å². The zero-order valence-electron chi connectivity index (χ0n) is 10.8. The Morgan fingerprint density at radius 2 is 2.05 bits per heavy atom. The lowest BCUT2D eigenvalue weighted by molar-refractivity contribution is -0.131. The summed E-state index contributed by atoms with van der Waals surface area (Å²) in [4.78, 5) is 17.4. The van der Waals surface area contributed by atoms with Crippen LogP contribution in [-0.4, -0.2) is 28.9 Å². The van der Waals surface area contributed by atoms with Gasteiger partial charge >= 0.3 is 0 Å². The van der Waals surface area contributed by atoms with Crippen LogP contribution in [0.15, 0.2) is 24.4 Å². The molecule has 2 aromatic rings. The molecule has 0 radical (unpaired) electrons. The average molecular weight is 277 g/mol. The van der Waals surface area contributed by atoms with Crippen LogP contribution in [0.3, 0.4) is 0 Å². The van der Waals surface area contributed by atoms with Gasteiger partial charge in [0.2, 0.25) is 5.91 Å². The lowest BCUT2D eigenvalue weighted by Crippen LogP contribution is -2.36. The number of nitrogens with zero attached hydrogens (tertiary/aromatic N) is 1. The Morgan fingerprint density at radius 3 is 2.84 bits per heavy atom. The van der Waals surface area contributed by atoms with E-state index in [1.165, 1.54) is 6.42 Å². The maximum atomic E-state index is 12.3. The summed E-state index contributed by atoms with van der Waals surface area (Å²) in [5.41, 5.74) is 2.05. The summed E-state index contributed by atoms with van der Waals surface area (Å²) >= 11 is 5.96. The first kappa shape index (κ1) is 12.5. The number of amides is 1. The van der Waals surface area contributed by atoms with Gasteiger partial charge < -0.3 is 9.88 Å². The molecule has 1 aliphatic heterocycles. The highest BCUT2D eigenvalue weighted by Gasteiger charge is 2.18. The van der Waals surface area contributed by atoms with Gasteiger partial charge in [-0.3, -0.25) is 4.79 Å². The zero-order valence-corrected chi connectivity index (χ0v) is 11.5. The van der Waals surface area contributed by atoms with Crippen molar-refractivity contribution in [3.8, 4) is 0 Å². The predicted octanol–water partition coefficient (Wildman–Crippen LogP) is 3.38. The van der Waals surface area contributed by atoms with E-state index in [1.54, 1.807) is 0 Å². The molecule has 0 atom stereocenters.